The van der Waals surface area contributed by atoms with Crippen molar-refractivity contribution < 1.29 is 9.59 Å². The molecule has 126 valence electrons. The van der Waals surface area contributed by atoms with Gasteiger partial charge in [0, 0.05) is 25.6 Å². The van der Waals surface area contributed by atoms with Crippen LogP contribution < -0.4 is 10.6 Å². The van der Waals surface area contributed by atoms with Crippen LogP contribution in [-0.2, 0) is 9.59 Å². The van der Waals surface area contributed by atoms with E-state index >= 15 is 0 Å². The summed E-state index contributed by atoms with van der Waals surface area (Å²) in [7, 11) is 0. The highest BCUT2D eigenvalue weighted by Crippen LogP contribution is 2.23. The third-order valence-electron chi connectivity index (χ3n) is 5.15. The monoisotopic (exact) mass is 309 g/mol. The molecule has 1 heterocycles. The van der Waals surface area contributed by atoms with Crippen LogP contribution in [-0.4, -0.2) is 47.9 Å². The number of carbonyl (C=O) groups excluding carboxylic acids is 2. The topological polar surface area (TPSA) is 61.4 Å². The second-order valence-electron chi connectivity index (χ2n) is 7.18. The third-order valence-corrected chi connectivity index (χ3v) is 5.15. The smallest absolute Gasteiger partial charge is 0.237 e. The molecule has 2 atom stereocenters. The summed E-state index contributed by atoms with van der Waals surface area (Å²) < 4.78 is 0. The average Bonchev–Trinajstić information content (AvgIpc) is 2.48. The Bertz CT molecular complexity index is 391. The van der Waals surface area contributed by atoms with E-state index in [4.69, 9.17) is 0 Å². The molecule has 2 rings (SSSR count). The summed E-state index contributed by atoms with van der Waals surface area (Å²) in [5.41, 5.74) is 0. The molecular weight excluding hydrogens is 278 g/mol. The summed E-state index contributed by atoms with van der Waals surface area (Å²) in [5.74, 6) is 0.953. The van der Waals surface area contributed by atoms with Crippen LogP contribution in [0.25, 0.3) is 0 Å². The van der Waals surface area contributed by atoms with Crippen LogP contribution in [0.2, 0.25) is 0 Å². The number of nitrogens with one attached hydrogen (secondary N) is 2. The van der Waals surface area contributed by atoms with Gasteiger partial charge < -0.3 is 10.6 Å². The zero-order chi connectivity index (χ0) is 16.1. The maximum Gasteiger partial charge on any atom is 0.237 e. The Labute approximate surface area is 134 Å². The molecule has 2 N–H and O–H groups in total. The minimum absolute atomic E-state index is 0.0141. The number of hydrogen-bond acceptors (Lipinski definition) is 3. The van der Waals surface area contributed by atoms with E-state index in [1.54, 1.807) is 6.92 Å². The van der Waals surface area contributed by atoms with E-state index in [-0.39, 0.29) is 23.9 Å². The van der Waals surface area contributed by atoms with Gasteiger partial charge in [0.25, 0.3) is 0 Å². The van der Waals surface area contributed by atoms with Gasteiger partial charge in [-0.15, -0.1) is 0 Å². The van der Waals surface area contributed by atoms with E-state index in [1.807, 2.05) is 6.92 Å². The first-order chi connectivity index (χ1) is 10.5. The molecule has 1 aliphatic heterocycles. The molecule has 2 aliphatic rings. The second-order valence-corrected chi connectivity index (χ2v) is 7.18. The molecule has 0 aromatic heterocycles. The third kappa shape index (κ3) is 4.97. The van der Waals surface area contributed by atoms with E-state index in [0.717, 1.165) is 44.7 Å². The van der Waals surface area contributed by atoms with Gasteiger partial charge in [0.05, 0.1) is 6.04 Å². The summed E-state index contributed by atoms with van der Waals surface area (Å²) in [6, 6.07) is 0.412. The van der Waals surface area contributed by atoms with Gasteiger partial charge in [-0.05, 0) is 57.9 Å². The van der Waals surface area contributed by atoms with Crippen molar-refractivity contribution in [3.8, 4) is 0 Å². The predicted octanol–water partition coefficient (Wildman–Crippen LogP) is 1.67. The van der Waals surface area contributed by atoms with Crippen molar-refractivity contribution in [3.05, 3.63) is 0 Å². The quantitative estimate of drug-likeness (QED) is 0.830. The van der Waals surface area contributed by atoms with Crippen molar-refractivity contribution in [2.24, 2.45) is 5.92 Å². The molecule has 2 fully saturated rings. The molecule has 0 radical (unpaired) electrons. The summed E-state index contributed by atoms with van der Waals surface area (Å²) in [6.45, 7) is 7.54. The molecule has 0 spiro atoms. The van der Waals surface area contributed by atoms with Crippen molar-refractivity contribution in [3.63, 3.8) is 0 Å². The minimum atomic E-state index is -0.115. The van der Waals surface area contributed by atoms with Crippen molar-refractivity contribution in [2.45, 2.75) is 77.4 Å². The highest BCUT2D eigenvalue weighted by molar-refractivity contribution is 5.81. The van der Waals surface area contributed by atoms with Gasteiger partial charge in [-0.2, -0.15) is 0 Å². The molecule has 2 amide bonds. The van der Waals surface area contributed by atoms with Crippen molar-refractivity contribution in [1.29, 1.82) is 0 Å². The molecule has 0 unspecified atom stereocenters. The molecule has 0 bridgehead atoms. The van der Waals surface area contributed by atoms with Gasteiger partial charge in [0.15, 0.2) is 0 Å². The fourth-order valence-electron chi connectivity index (χ4n) is 3.66. The van der Waals surface area contributed by atoms with Gasteiger partial charge in [-0.3, -0.25) is 14.5 Å². The van der Waals surface area contributed by atoms with Gasteiger partial charge in [-0.1, -0.05) is 6.92 Å². The van der Waals surface area contributed by atoms with Crippen molar-refractivity contribution >= 4 is 11.8 Å². The zero-order valence-corrected chi connectivity index (χ0v) is 14.2. The lowest BCUT2D eigenvalue weighted by molar-refractivity contribution is -0.127. The summed E-state index contributed by atoms with van der Waals surface area (Å²) in [5, 5.41) is 6.20. The van der Waals surface area contributed by atoms with Gasteiger partial charge in [-0.25, -0.2) is 0 Å². The number of rotatable bonds is 4. The van der Waals surface area contributed by atoms with E-state index < -0.39 is 0 Å². The van der Waals surface area contributed by atoms with Crippen LogP contribution in [0.5, 0.6) is 0 Å². The second kappa shape index (κ2) is 7.95. The van der Waals surface area contributed by atoms with Crippen LogP contribution in [0.15, 0.2) is 0 Å². The van der Waals surface area contributed by atoms with Crippen LogP contribution in [0, 0.1) is 5.92 Å². The molecule has 1 saturated heterocycles. The number of carbonyl (C=O) groups is 2. The van der Waals surface area contributed by atoms with E-state index in [2.05, 4.69) is 22.5 Å². The first-order valence-corrected chi connectivity index (χ1v) is 8.77. The number of likely N-dealkylation sites (tertiary alicyclic amines) is 1. The normalized spacial score (nSPS) is 31.3. The van der Waals surface area contributed by atoms with Crippen molar-refractivity contribution in [2.75, 3.05) is 13.1 Å². The van der Waals surface area contributed by atoms with Gasteiger partial charge in [0.2, 0.25) is 11.8 Å². The number of amides is 2. The Hall–Kier alpha value is -1.10. The van der Waals surface area contributed by atoms with Crippen LogP contribution in [0.4, 0.5) is 0 Å². The molecule has 5 nitrogen and oxygen atoms in total. The molecule has 0 aromatic rings. The van der Waals surface area contributed by atoms with Gasteiger partial charge >= 0.3 is 0 Å². The maximum absolute atomic E-state index is 12.5. The Balaban J connectivity index is 1.80. The molecular formula is C17H31N3O2. The zero-order valence-electron chi connectivity index (χ0n) is 14.2. The summed E-state index contributed by atoms with van der Waals surface area (Å²) >= 11 is 0. The van der Waals surface area contributed by atoms with E-state index in [9.17, 15) is 9.59 Å². The fraction of sp³-hybridized carbons (Fsp3) is 0.882. The van der Waals surface area contributed by atoms with E-state index in [0.29, 0.717) is 6.04 Å². The number of piperidine rings is 1. The van der Waals surface area contributed by atoms with Crippen LogP contribution in [0.1, 0.15) is 59.3 Å². The first kappa shape index (κ1) is 17.3. The maximum atomic E-state index is 12.5. The number of hydrogen-bond donors (Lipinski definition) is 2. The van der Waals surface area contributed by atoms with Crippen LogP contribution in [0.3, 0.4) is 0 Å². The fourth-order valence-corrected chi connectivity index (χ4v) is 3.66. The Morgan fingerprint density at radius 2 is 1.73 bits per heavy atom. The lowest BCUT2D eigenvalue weighted by atomic mass is 9.87. The molecule has 1 aliphatic carbocycles. The molecule has 0 aromatic carbocycles. The average molecular weight is 309 g/mol. The Morgan fingerprint density at radius 1 is 1.05 bits per heavy atom. The lowest BCUT2D eigenvalue weighted by Crippen LogP contribution is -2.55. The molecule has 5 heteroatoms. The number of nitrogens with zero attached hydrogens (tertiary/aromatic N) is 1. The Morgan fingerprint density at radius 3 is 2.36 bits per heavy atom. The molecule has 22 heavy (non-hydrogen) atoms. The summed E-state index contributed by atoms with van der Waals surface area (Å²) in [4.78, 5) is 25.9. The Kier molecular flexibility index (Phi) is 6.24. The minimum Gasteiger partial charge on any atom is -0.352 e. The molecule has 1 saturated carbocycles. The SMILES string of the molecule is CC(=O)N[C@@H]1CCCN([C@@H](C)C(=O)NC2CCC(C)CC2)C1. The lowest BCUT2D eigenvalue weighted by Gasteiger charge is -2.37. The largest absolute Gasteiger partial charge is 0.352 e. The highest BCUT2D eigenvalue weighted by Gasteiger charge is 2.29. The predicted molar refractivity (Wildman–Crippen MR) is 87.4 cm³/mol. The highest BCUT2D eigenvalue weighted by atomic mass is 16.2. The summed E-state index contributed by atoms with van der Waals surface area (Å²) in [6.07, 6.45) is 6.68. The van der Waals surface area contributed by atoms with Gasteiger partial charge in [0.1, 0.15) is 0 Å². The van der Waals surface area contributed by atoms with E-state index in [1.165, 1.54) is 12.8 Å². The standard InChI is InChI=1S/C17H31N3O2/c1-12-6-8-15(9-7-12)19-17(22)13(2)20-10-4-5-16(11-20)18-14(3)21/h12-13,15-16H,4-11H2,1-3H3,(H,18,21)(H,19,22)/t12?,13-,15?,16+/m0/s1. The van der Waals surface area contributed by atoms with Crippen molar-refractivity contribution in [1.82, 2.24) is 15.5 Å². The first-order valence-electron chi connectivity index (χ1n) is 8.77. The van der Waals surface area contributed by atoms with Crippen LogP contribution >= 0.6 is 0 Å².